The quantitative estimate of drug-likeness (QED) is 0.805. The molecule has 0 aliphatic carbocycles. The number of carbonyl (C=O) groups excluding carboxylic acids is 2. The zero-order chi connectivity index (χ0) is 17.7. The Balaban J connectivity index is 2.01. The molecule has 24 heavy (non-hydrogen) atoms. The predicted molar refractivity (Wildman–Crippen MR) is 95.2 cm³/mol. The maximum atomic E-state index is 12.4. The second-order valence-electron chi connectivity index (χ2n) is 7.01. The number of benzene rings is 1. The zero-order valence-corrected chi connectivity index (χ0v) is 14.8. The number of carbonyl (C=O) groups is 2. The highest BCUT2D eigenvalue weighted by molar-refractivity contribution is 5.98. The van der Waals surface area contributed by atoms with Gasteiger partial charge in [0.25, 0.3) is 5.91 Å². The van der Waals surface area contributed by atoms with Crippen LogP contribution in [0.4, 0.5) is 5.69 Å². The SMILES string of the molecule is CC(C)CC(CCO)CNC(=O)c1ccc2c(c1)CCC(=O)N2C. The standard InChI is InChI=1S/C19H28N2O3/c1-13(2)10-14(8-9-22)12-20-19(24)16-4-6-17-15(11-16)5-7-18(23)21(17)3/h4,6,11,13-14,22H,5,7-10,12H2,1-3H3,(H,20,24). The fourth-order valence-corrected chi connectivity index (χ4v) is 3.29. The van der Waals surface area contributed by atoms with Crippen LogP contribution in [0.3, 0.4) is 0 Å². The van der Waals surface area contributed by atoms with Crippen LogP contribution in [0.15, 0.2) is 18.2 Å². The van der Waals surface area contributed by atoms with Crippen molar-refractivity contribution in [2.24, 2.45) is 11.8 Å². The third-order valence-electron chi connectivity index (χ3n) is 4.58. The molecule has 1 atom stereocenters. The molecule has 5 nitrogen and oxygen atoms in total. The number of rotatable bonds is 7. The summed E-state index contributed by atoms with van der Waals surface area (Å²) in [6.07, 6.45) is 2.86. The van der Waals surface area contributed by atoms with E-state index < -0.39 is 0 Å². The molecule has 1 unspecified atom stereocenters. The van der Waals surface area contributed by atoms with Crippen molar-refractivity contribution in [3.8, 4) is 0 Å². The second-order valence-corrected chi connectivity index (χ2v) is 7.01. The lowest BCUT2D eigenvalue weighted by atomic mass is 9.94. The van der Waals surface area contributed by atoms with Gasteiger partial charge in [-0.2, -0.15) is 0 Å². The van der Waals surface area contributed by atoms with Gasteiger partial charge in [-0.05, 0) is 54.9 Å². The molecule has 0 fully saturated rings. The van der Waals surface area contributed by atoms with E-state index in [1.54, 1.807) is 18.0 Å². The molecular weight excluding hydrogens is 304 g/mol. The largest absolute Gasteiger partial charge is 0.396 e. The summed E-state index contributed by atoms with van der Waals surface area (Å²) in [4.78, 5) is 25.8. The molecule has 2 rings (SSSR count). The molecule has 1 aromatic carbocycles. The Bertz CT molecular complexity index is 598. The first-order valence-corrected chi connectivity index (χ1v) is 8.71. The summed E-state index contributed by atoms with van der Waals surface area (Å²) >= 11 is 0. The van der Waals surface area contributed by atoms with Crippen LogP contribution in [0.5, 0.6) is 0 Å². The number of aryl methyl sites for hydroxylation is 1. The smallest absolute Gasteiger partial charge is 0.251 e. The van der Waals surface area contributed by atoms with Crippen LogP contribution in [0, 0.1) is 11.8 Å². The molecule has 0 bridgehead atoms. The fraction of sp³-hybridized carbons (Fsp3) is 0.579. The monoisotopic (exact) mass is 332 g/mol. The number of nitrogens with one attached hydrogen (secondary N) is 1. The summed E-state index contributed by atoms with van der Waals surface area (Å²) in [5.41, 5.74) is 2.56. The van der Waals surface area contributed by atoms with E-state index in [2.05, 4.69) is 19.2 Å². The minimum Gasteiger partial charge on any atom is -0.396 e. The highest BCUT2D eigenvalue weighted by atomic mass is 16.3. The van der Waals surface area contributed by atoms with E-state index in [9.17, 15) is 9.59 Å². The van der Waals surface area contributed by atoms with Gasteiger partial charge in [0.2, 0.25) is 5.91 Å². The van der Waals surface area contributed by atoms with E-state index in [1.807, 2.05) is 12.1 Å². The van der Waals surface area contributed by atoms with Gasteiger partial charge in [0.15, 0.2) is 0 Å². The van der Waals surface area contributed by atoms with Crippen molar-refractivity contribution in [3.05, 3.63) is 29.3 Å². The van der Waals surface area contributed by atoms with Crippen molar-refractivity contribution in [2.75, 3.05) is 25.1 Å². The van der Waals surface area contributed by atoms with E-state index in [1.165, 1.54) is 0 Å². The number of nitrogens with zero attached hydrogens (tertiary/aromatic N) is 1. The van der Waals surface area contributed by atoms with Crippen molar-refractivity contribution in [1.82, 2.24) is 5.32 Å². The van der Waals surface area contributed by atoms with E-state index in [0.717, 1.165) is 17.7 Å². The first-order chi connectivity index (χ1) is 11.4. The highest BCUT2D eigenvalue weighted by Gasteiger charge is 2.22. The molecule has 0 radical (unpaired) electrons. The number of hydrogen-bond donors (Lipinski definition) is 2. The first kappa shape index (κ1) is 18.5. The lowest BCUT2D eigenvalue weighted by molar-refractivity contribution is -0.118. The zero-order valence-electron chi connectivity index (χ0n) is 14.8. The summed E-state index contributed by atoms with van der Waals surface area (Å²) in [5, 5.41) is 12.2. The van der Waals surface area contributed by atoms with Gasteiger partial charge >= 0.3 is 0 Å². The average molecular weight is 332 g/mol. The summed E-state index contributed by atoms with van der Waals surface area (Å²) in [6, 6.07) is 5.50. The van der Waals surface area contributed by atoms with Crippen LogP contribution >= 0.6 is 0 Å². The van der Waals surface area contributed by atoms with Crippen molar-refractivity contribution in [2.45, 2.75) is 39.5 Å². The van der Waals surface area contributed by atoms with E-state index >= 15 is 0 Å². The Morgan fingerprint density at radius 1 is 1.33 bits per heavy atom. The average Bonchev–Trinajstić information content (AvgIpc) is 2.55. The van der Waals surface area contributed by atoms with Crippen molar-refractivity contribution in [1.29, 1.82) is 0 Å². The lowest BCUT2D eigenvalue weighted by Gasteiger charge is -2.26. The predicted octanol–water partition coefficient (Wildman–Crippen LogP) is 2.37. The number of hydrogen-bond acceptors (Lipinski definition) is 3. The van der Waals surface area contributed by atoms with Gasteiger partial charge in [-0.3, -0.25) is 9.59 Å². The second kappa shape index (κ2) is 8.29. The molecule has 0 spiro atoms. The molecule has 5 heteroatoms. The van der Waals surface area contributed by atoms with Crippen molar-refractivity contribution in [3.63, 3.8) is 0 Å². The molecule has 1 heterocycles. The summed E-state index contributed by atoms with van der Waals surface area (Å²) < 4.78 is 0. The number of amides is 2. The molecule has 2 N–H and O–H groups in total. The van der Waals surface area contributed by atoms with E-state index in [0.29, 0.717) is 43.2 Å². The normalized spacial score (nSPS) is 15.4. The molecular formula is C19H28N2O3. The summed E-state index contributed by atoms with van der Waals surface area (Å²) in [6.45, 7) is 5.01. The topological polar surface area (TPSA) is 69.6 Å². The summed E-state index contributed by atoms with van der Waals surface area (Å²) in [5.74, 6) is 0.847. The fourth-order valence-electron chi connectivity index (χ4n) is 3.29. The van der Waals surface area contributed by atoms with Gasteiger partial charge < -0.3 is 15.3 Å². The Kier molecular flexibility index (Phi) is 6.37. The minimum absolute atomic E-state index is 0.0935. The van der Waals surface area contributed by atoms with Crippen molar-refractivity contribution >= 4 is 17.5 Å². The Hall–Kier alpha value is -1.88. The van der Waals surface area contributed by atoms with Gasteiger partial charge in [0.1, 0.15) is 0 Å². The summed E-state index contributed by atoms with van der Waals surface area (Å²) in [7, 11) is 1.77. The van der Waals surface area contributed by atoms with Crippen LogP contribution < -0.4 is 10.2 Å². The lowest BCUT2D eigenvalue weighted by Crippen LogP contribution is -2.32. The van der Waals surface area contributed by atoms with Crippen LogP contribution in [0.1, 0.15) is 49.0 Å². The molecule has 2 amide bonds. The Labute approximate surface area is 144 Å². The van der Waals surface area contributed by atoms with Crippen molar-refractivity contribution < 1.29 is 14.7 Å². The molecule has 0 saturated heterocycles. The van der Waals surface area contributed by atoms with E-state index in [4.69, 9.17) is 5.11 Å². The number of aliphatic hydroxyl groups excluding tert-OH is 1. The third kappa shape index (κ3) is 4.57. The number of fused-ring (bicyclic) bond motifs is 1. The van der Waals surface area contributed by atoms with Crippen LogP contribution in [0.25, 0.3) is 0 Å². The maximum Gasteiger partial charge on any atom is 0.251 e. The van der Waals surface area contributed by atoms with Crippen LogP contribution in [-0.2, 0) is 11.2 Å². The maximum absolute atomic E-state index is 12.4. The van der Waals surface area contributed by atoms with Gasteiger partial charge in [0.05, 0.1) is 0 Å². The first-order valence-electron chi connectivity index (χ1n) is 8.71. The van der Waals surface area contributed by atoms with Crippen LogP contribution in [-0.4, -0.2) is 37.1 Å². The molecule has 0 saturated carbocycles. The number of aliphatic hydroxyl groups is 1. The molecule has 1 aliphatic heterocycles. The molecule has 0 aromatic heterocycles. The number of anilines is 1. The molecule has 132 valence electrons. The van der Waals surface area contributed by atoms with Gasteiger partial charge in [-0.15, -0.1) is 0 Å². The Morgan fingerprint density at radius 3 is 2.75 bits per heavy atom. The van der Waals surface area contributed by atoms with Gasteiger partial charge in [0, 0.05) is 37.9 Å². The molecule has 1 aliphatic rings. The van der Waals surface area contributed by atoms with Gasteiger partial charge in [-0.1, -0.05) is 13.8 Å². The van der Waals surface area contributed by atoms with E-state index in [-0.39, 0.29) is 18.4 Å². The van der Waals surface area contributed by atoms with Crippen LogP contribution in [0.2, 0.25) is 0 Å². The molecule has 1 aromatic rings. The third-order valence-corrected chi connectivity index (χ3v) is 4.58. The Morgan fingerprint density at radius 2 is 2.08 bits per heavy atom. The highest BCUT2D eigenvalue weighted by Crippen LogP contribution is 2.27. The minimum atomic E-state index is -0.0935. The van der Waals surface area contributed by atoms with Gasteiger partial charge in [-0.25, -0.2) is 0 Å².